The van der Waals surface area contributed by atoms with Gasteiger partial charge >= 0.3 is 5.97 Å². The molecule has 0 fully saturated rings. The van der Waals surface area contributed by atoms with Gasteiger partial charge in [-0.2, -0.15) is 0 Å². The van der Waals surface area contributed by atoms with Crippen molar-refractivity contribution >= 4 is 11.9 Å². The average molecular weight is 200 g/mol. The molecule has 1 aliphatic heterocycles. The minimum absolute atomic E-state index is 0.0156. The predicted molar refractivity (Wildman–Crippen MR) is 52.6 cm³/mol. The van der Waals surface area contributed by atoms with Crippen LogP contribution in [0.15, 0.2) is 4.99 Å². The Morgan fingerprint density at radius 3 is 2.57 bits per heavy atom. The molecule has 1 N–H and O–H groups in total. The molecular weight excluding hydrogens is 184 g/mol. The van der Waals surface area contributed by atoms with Crippen molar-refractivity contribution in [3.05, 3.63) is 0 Å². The molecule has 0 aliphatic carbocycles. The quantitative estimate of drug-likeness (QED) is 0.707. The van der Waals surface area contributed by atoms with Crippen molar-refractivity contribution in [1.29, 1.82) is 0 Å². The molecule has 3 atom stereocenters. The van der Waals surface area contributed by atoms with E-state index in [1.165, 1.54) is 0 Å². The number of carboxylic acid groups (broad SMARTS) is 1. The largest absolute Gasteiger partial charge is 0.480 e. The Bertz CT molecular complexity index is 263. The first kappa shape index (κ1) is 11.0. The van der Waals surface area contributed by atoms with Gasteiger partial charge in [-0.05, 0) is 27.9 Å². The molecule has 0 radical (unpaired) electrons. The van der Waals surface area contributed by atoms with Gasteiger partial charge in [-0.1, -0.05) is 0 Å². The number of aliphatic carboxylic acids is 1. The lowest BCUT2D eigenvalue weighted by Crippen LogP contribution is -2.33. The fraction of sp³-hybridized carbons (Fsp3) is 0.778. The van der Waals surface area contributed by atoms with Crippen molar-refractivity contribution in [2.75, 3.05) is 14.1 Å². The van der Waals surface area contributed by atoms with Gasteiger partial charge in [0.05, 0.1) is 6.04 Å². The molecule has 0 saturated heterocycles. The normalized spacial score (nSPS) is 28.5. The summed E-state index contributed by atoms with van der Waals surface area (Å²) in [7, 11) is 3.80. The van der Waals surface area contributed by atoms with E-state index in [9.17, 15) is 4.79 Å². The van der Waals surface area contributed by atoms with Crippen LogP contribution in [0, 0.1) is 0 Å². The molecule has 1 unspecified atom stereocenters. The van der Waals surface area contributed by atoms with Gasteiger partial charge in [-0.15, -0.1) is 0 Å². The van der Waals surface area contributed by atoms with E-state index in [2.05, 4.69) is 4.99 Å². The van der Waals surface area contributed by atoms with Crippen LogP contribution in [0.3, 0.4) is 0 Å². The SMILES string of the molecule is C[C@H]1OC([C@H](C)N(C)C)=NC1C(=O)O. The molecule has 0 aromatic heterocycles. The molecule has 1 rings (SSSR count). The number of carboxylic acids is 1. The number of rotatable bonds is 3. The van der Waals surface area contributed by atoms with Crippen LogP contribution in [0.25, 0.3) is 0 Å². The first-order chi connectivity index (χ1) is 6.43. The van der Waals surface area contributed by atoms with Gasteiger partial charge in [0.25, 0.3) is 0 Å². The fourth-order valence-corrected chi connectivity index (χ4v) is 1.21. The maximum Gasteiger partial charge on any atom is 0.332 e. The maximum atomic E-state index is 10.7. The lowest BCUT2D eigenvalue weighted by molar-refractivity contribution is -0.139. The molecule has 80 valence electrons. The maximum absolute atomic E-state index is 10.7. The van der Waals surface area contributed by atoms with Crippen molar-refractivity contribution < 1.29 is 14.6 Å². The molecule has 1 aliphatic rings. The van der Waals surface area contributed by atoms with E-state index in [4.69, 9.17) is 9.84 Å². The lowest BCUT2D eigenvalue weighted by atomic mass is 10.2. The highest BCUT2D eigenvalue weighted by Crippen LogP contribution is 2.16. The number of likely N-dealkylation sites (N-methyl/N-ethyl adjacent to an activating group) is 1. The molecule has 5 heteroatoms. The van der Waals surface area contributed by atoms with E-state index in [0.29, 0.717) is 5.90 Å². The highest BCUT2D eigenvalue weighted by molar-refractivity contribution is 5.88. The molecular formula is C9H16N2O3. The summed E-state index contributed by atoms with van der Waals surface area (Å²) in [6.07, 6.45) is -0.370. The van der Waals surface area contributed by atoms with Gasteiger partial charge in [0, 0.05) is 0 Å². The van der Waals surface area contributed by atoms with Crippen molar-refractivity contribution in [3.63, 3.8) is 0 Å². The number of hydrogen-bond donors (Lipinski definition) is 1. The van der Waals surface area contributed by atoms with Crippen LogP contribution in [-0.2, 0) is 9.53 Å². The fourth-order valence-electron chi connectivity index (χ4n) is 1.21. The highest BCUT2D eigenvalue weighted by Gasteiger charge is 2.35. The summed E-state index contributed by atoms with van der Waals surface area (Å²) >= 11 is 0. The van der Waals surface area contributed by atoms with Crippen molar-refractivity contribution in [1.82, 2.24) is 4.90 Å². The third-order valence-corrected chi connectivity index (χ3v) is 2.40. The standard InChI is InChI=1S/C9H16N2O3/c1-5(11(3)4)8-10-7(9(12)13)6(2)14-8/h5-7H,1-4H3,(H,12,13)/t5-,6+,7?/m0/s1. The zero-order valence-electron chi connectivity index (χ0n) is 8.89. The highest BCUT2D eigenvalue weighted by atomic mass is 16.5. The number of ether oxygens (including phenoxy) is 1. The van der Waals surface area contributed by atoms with Crippen molar-refractivity contribution in [3.8, 4) is 0 Å². The van der Waals surface area contributed by atoms with Crippen LogP contribution in [0.1, 0.15) is 13.8 Å². The third kappa shape index (κ3) is 2.04. The first-order valence-corrected chi connectivity index (χ1v) is 4.57. The van der Waals surface area contributed by atoms with Crippen molar-refractivity contribution in [2.24, 2.45) is 4.99 Å². The number of carbonyl (C=O) groups is 1. The first-order valence-electron chi connectivity index (χ1n) is 4.57. The van der Waals surface area contributed by atoms with Crippen LogP contribution in [0.5, 0.6) is 0 Å². The van der Waals surface area contributed by atoms with Crippen LogP contribution in [0.4, 0.5) is 0 Å². The van der Waals surface area contributed by atoms with Crippen LogP contribution >= 0.6 is 0 Å². The molecule has 0 aromatic rings. The average Bonchev–Trinajstić information content (AvgIpc) is 2.45. The summed E-state index contributed by atoms with van der Waals surface area (Å²) in [6, 6.07) is -0.741. The lowest BCUT2D eigenvalue weighted by Gasteiger charge is -2.19. The molecule has 5 nitrogen and oxygen atoms in total. The summed E-state index contributed by atoms with van der Waals surface area (Å²) in [6.45, 7) is 3.65. The van der Waals surface area contributed by atoms with Crippen molar-refractivity contribution in [2.45, 2.75) is 32.0 Å². The molecule has 0 amide bonds. The molecule has 0 bridgehead atoms. The van der Waals surface area contributed by atoms with Gasteiger partial charge in [-0.25, -0.2) is 9.79 Å². The minimum Gasteiger partial charge on any atom is -0.480 e. The Morgan fingerprint density at radius 1 is 1.64 bits per heavy atom. The zero-order valence-corrected chi connectivity index (χ0v) is 8.89. The monoisotopic (exact) mass is 200 g/mol. The van der Waals surface area contributed by atoms with Gasteiger partial charge in [0.2, 0.25) is 5.90 Å². The third-order valence-electron chi connectivity index (χ3n) is 2.40. The number of aliphatic imine (C=N–C) groups is 1. The Morgan fingerprint density at radius 2 is 2.21 bits per heavy atom. The van der Waals surface area contributed by atoms with Gasteiger partial charge in [-0.3, -0.25) is 4.90 Å². The van der Waals surface area contributed by atoms with E-state index in [-0.39, 0.29) is 12.1 Å². The van der Waals surface area contributed by atoms with E-state index < -0.39 is 12.0 Å². The van der Waals surface area contributed by atoms with Gasteiger partial charge in [0.15, 0.2) is 6.04 Å². The Hall–Kier alpha value is -1.10. The number of nitrogens with zero attached hydrogens (tertiary/aromatic N) is 2. The van der Waals surface area contributed by atoms with E-state index >= 15 is 0 Å². The van der Waals surface area contributed by atoms with Crippen LogP contribution < -0.4 is 0 Å². The summed E-state index contributed by atoms with van der Waals surface area (Å²) in [5.74, 6) is -0.423. The van der Waals surface area contributed by atoms with E-state index in [1.54, 1.807) is 6.92 Å². The van der Waals surface area contributed by atoms with Crippen LogP contribution in [-0.4, -0.2) is 54.2 Å². The molecule has 14 heavy (non-hydrogen) atoms. The Balaban J connectivity index is 2.75. The van der Waals surface area contributed by atoms with Crippen LogP contribution in [0.2, 0.25) is 0 Å². The summed E-state index contributed by atoms with van der Waals surface area (Å²) < 4.78 is 5.39. The smallest absolute Gasteiger partial charge is 0.332 e. The summed E-state index contributed by atoms with van der Waals surface area (Å²) in [4.78, 5) is 16.7. The Kier molecular flexibility index (Phi) is 3.10. The minimum atomic E-state index is -0.932. The van der Waals surface area contributed by atoms with Gasteiger partial charge in [0.1, 0.15) is 6.10 Å². The Labute approximate surface area is 83.4 Å². The second-order valence-corrected chi connectivity index (χ2v) is 3.71. The molecule has 0 aromatic carbocycles. The van der Waals surface area contributed by atoms with E-state index in [0.717, 1.165) is 0 Å². The van der Waals surface area contributed by atoms with E-state index in [1.807, 2.05) is 25.9 Å². The predicted octanol–water partition coefficient (Wildman–Crippen LogP) is 0.207. The molecule has 1 heterocycles. The topological polar surface area (TPSA) is 62.1 Å². The molecule has 0 saturated carbocycles. The summed E-state index contributed by atoms with van der Waals surface area (Å²) in [5.41, 5.74) is 0. The molecule has 0 spiro atoms. The number of hydrogen-bond acceptors (Lipinski definition) is 4. The van der Waals surface area contributed by atoms with Gasteiger partial charge < -0.3 is 9.84 Å². The summed E-state index contributed by atoms with van der Waals surface area (Å²) in [5, 5.41) is 8.82. The second-order valence-electron chi connectivity index (χ2n) is 3.71. The second kappa shape index (κ2) is 3.96. The zero-order chi connectivity index (χ0) is 10.9.